The Balaban J connectivity index is 1.66. The van der Waals surface area contributed by atoms with Gasteiger partial charge in [-0.25, -0.2) is 4.98 Å². The standard InChI is InChI=1S/C24H33N5O4S/c1-18(23(25)31)29(21-16-34-17-27-21)24(32)20(14-19-6-3-2-4-7-19)15-22(30)26-8-5-9-28-10-12-33-13-11-28/h2-4,6-7,16-18,20H,5,8-15H2,1H3,(H2,25,31)(H,26,30)/t18-,20?/m1/s1. The number of primary amides is 1. The molecule has 2 atom stereocenters. The van der Waals surface area contributed by atoms with Crippen LogP contribution in [0.15, 0.2) is 41.2 Å². The number of aromatic nitrogens is 1. The van der Waals surface area contributed by atoms with Crippen LogP contribution in [0.1, 0.15) is 25.3 Å². The van der Waals surface area contributed by atoms with Gasteiger partial charge < -0.3 is 15.8 Å². The molecular formula is C24H33N5O4S. The fraction of sp³-hybridized carbons (Fsp3) is 0.500. The molecule has 1 aliphatic heterocycles. The number of nitrogens with two attached hydrogens (primary N) is 1. The van der Waals surface area contributed by atoms with Gasteiger partial charge >= 0.3 is 0 Å². The molecule has 0 spiro atoms. The minimum absolute atomic E-state index is 0.0113. The lowest BCUT2D eigenvalue weighted by Gasteiger charge is -2.29. The lowest BCUT2D eigenvalue weighted by atomic mass is 9.93. The number of benzene rings is 1. The Hall–Kier alpha value is -2.82. The summed E-state index contributed by atoms with van der Waals surface area (Å²) < 4.78 is 5.36. The number of carbonyl (C=O) groups excluding carboxylic acids is 3. The molecular weight excluding hydrogens is 454 g/mol. The number of rotatable bonds is 12. The Labute approximate surface area is 204 Å². The number of anilines is 1. The molecule has 0 bridgehead atoms. The summed E-state index contributed by atoms with van der Waals surface area (Å²) in [5.74, 6) is -1.46. The molecule has 3 amide bonds. The minimum Gasteiger partial charge on any atom is -0.379 e. The quantitative estimate of drug-likeness (QED) is 0.438. The van der Waals surface area contributed by atoms with Crippen molar-refractivity contribution in [3.63, 3.8) is 0 Å². The summed E-state index contributed by atoms with van der Waals surface area (Å²) in [4.78, 5) is 46.2. The van der Waals surface area contributed by atoms with E-state index in [-0.39, 0.29) is 18.2 Å². The maximum Gasteiger partial charge on any atom is 0.240 e. The fourth-order valence-corrected chi connectivity index (χ4v) is 4.47. The molecule has 1 aromatic carbocycles. The van der Waals surface area contributed by atoms with Gasteiger partial charge in [0.25, 0.3) is 0 Å². The van der Waals surface area contributed by atoms with Crippen molar-refractivity contribution in [2.45, 2.75) is 32.2 Å². The zero-order valence-electron chi connectivity index (χ0n) is 19.5. The fourth-order valence-electron chi connectivity index (χ4n) is 3.95. The van der Waals surface area contributed by atoms with Gasteiger partial charge in [0.15, 0.2) is 0 Å². The Morgan fingerprint density at radius 2 is 1.97 bits per heavy atom. The number of carbonyl (C=O) groups is 3. The monoisotopic (exact) mass is 487 g/mol. The first-order valence-corrected chi connectivity index (χ1v) is 12.5. The van der Waals surface area contributed by atoms with Crippen molar-refractivity contribution >= 4 is 34.9 Å². The number of hydrogen-bond acceptors (Lipinski definition) is 7. The molecule has 0 saturated carbocycles. The van der Waals surface area contributed by atoms with Gasteiger partial charge in [-0.1, -0.05) is 30.3 Å². The van der Waals surface area contributed by atoms with Crippen LogP contribution < -0.4 is 16.0 Å². The van der Waals surface area contributed by atoms with Crippen LogP contribution in [0.5, 0.6) is 0 Å². The second-order valence-electron chi connectivity index (χ2n) is 8.38. The van der Waals surface area contributed by atoms with E-state index in [1.54, 1.807) is 17.8 Å². The molecule has 9 nitrogen and oxygen atoms in total. The van der Waals surface area contributed by atoms with Gasteiger partial charge in [-0.05, 0) is 31.9 Å². The summed E-state index contributed by atoms with van der Waals surface area (Å²) in [6.45, 7) is 6.31. The molecule has 1 saturated heterocycles. The summed E-state index contributed by atoms with van der Waals surface area (Å²) in [6.07, 6.45) is 1.21. The molecule has 3 N–H and O–H groups in total. The smallest absolute Gasteiger partial charge is 0.240 e. The van der Waals surface area contributed by atoms with Crippen LogP contribution in [0.3, 0.4) is 0 Å². The first-order chi connectivity index (χ1) is 16.5. The Bertz CT molecular complexity index is 919. The maximum absolute atomic E-state index is 13.6. The third kappa shape index (κ3) is 7.61. The summed E-state index contributed by atoms with van der Waals surface area (Å²) in [5, 5.41) is 4.64. The maximum atomic E-state index is 13.6. The number of morpholine rings is 1. The molecule has 1 unspecified atom stereocenters. The van der Waals surface area contributed by atoms with Gasteiger partial charge in [-0.3, -0.25) is 24.2 Å². The number of hydrogen-bond donors (Lipinski definition) is 2. The van der Waals surface area contributed by atoms with Crippen LogP contribution in [0, 0.1) is 5.92 Å². The van der Waals surface area contributed by atoms with Gasteiger partial charge in [0.05, 0.1) is 24.6 Å². The van der Waals surface area contributed by atoms with Crippen molar-refractivity contribution in [2.24, 2.45) is 11.7 Å². The molecule has 2 heterocycles. The predicted octanol–water partition coefficient (Wildman–Crippen LogP) is 1.44. The van der Waals surface area contributed by atoms with Gasteiger partial charge in [0.1, 0.15) is 11.9 Å². The SMILES string of the molecule is C[C@H](C(N)=O)N(C(=O)C(CC(=O)NCCCN1CCOCC1)Cc1ccccc1)c1cscn1. The average molecular weight is 488 g/mol. The lowest BCUT2D eigenvalue weighted by molar-refractivity contribution is -0.130. The normalized spacial score (nSPS) is 15.9. The molecule has 184 valence electrons. The highest BCUT2D eigenvalue weighted by atomic mass is 32.1. The van der Waals surface area contributed by atoms with E-state index in [2.05, 4.69) is 15.2 Å². The van der Waals surface area contributed by atoms with Crippen molar-refractivity contribution in [1.29, 1.82) is 0 Å². The first kappa shape index (κ1) is 25.8. The molecule has 1 fully saturated rings. The van der Waals surface area contributed by atoms with E-state index in [0.29, 0.717) is 18.8 Å². The number of thiazole rings is 1. The zero-order chi connectivity index (χ0) is 24.3. The van der Waals surface area contributed by atoms with Gasteiger partial charge in [-0.2, -0.15) is 0 Å². The molecule has 34 heavy (non-hydrogen) atoms. The van der Waals surface area contributed by atoms with E-state index in [0.717, 1.165) is 44.8 Å². The van der Waals surface area contributed by atoms with Gasteiger partial charge in [0.2, 0.25) is 17.7 Å². The summed E-state index contributed by atoms with van der Waals surface area (Å²) >= 11 is 1.32. The van der Waals surface area contributed by atoms with Crippen LogP contribution in [0.4, 0.5) is 5.82 Å². The van der Waals surface area contributed by atoms with E-state index in [9.17, 15) is 14.4 Å². The van der Waals surface area contributed by atoms with E-state index in [4.69, 9.17) is 10.5 Å². The molecule has 3 rings (SSSR count). The molecule has 1 aromatic heterocycles. The Kier molecular flexibility index (Phi) is 9.99. The first-order valence-electron chi connectivity index (χ1n) is 11.6. The number of amides is 3. The van der Waals surface area contributed by atoms with Crippen molar-refractivity contribution in [2.75, 3.05) is 44.3 Å². The van der Waals surface area contributed by atoms with Gasteiger partial charge in [0, 0.05) is 31.4 Å². The minimum atomic E-state index is -0.885. The van der Waals surface area contributed by atoms with Gasteiger partial charge in [-0.15, -0.1) is 11.3 Å². The molecule has 0 aliphatic carbocycles. The lowest BCUT2D eigenvalue weighted by Crippen LogP contribution is -2.50. The van der Waals surface area contributed by atoms with Crippen molar-refractivity contribution in [3.05, 3.63) is 46.8 Å². The van der Waals surface area contributed by atoms with Crippen molar-refractivity contribution in [1.82, 2.24) is 15.2 Å². The summed E-state index contributed by atoms with van der Waals surface area (Å²) in [7, 11) is 0. The van der Waals surface area contributed by atoms with E-state index >= 15 is 0 Å². The Morgan fingerprint density at radius 3 is 2.62 bits per heavy atom. The van der Waals surface area contributed by atoms with Crippen LogP contribution in [-0.4, -0.2) is 73.0 Å². The third-order valence-corrected chi connectivity index (χ3v) is 6.46. The van der Waals surface area contributed by atoms with Crippen LogP contribution in [0.2, 0.25) is 0 Å². The van der Waals surface area contributed by atoms with Crippen molar-refractivity contribution < 1.29 is 19.1 Å². The predicted molar refractivity (Wildman–Crippen MR) is 131 cm³/mol. The summed E-state index contributed by atoms with van der Waals surface area (Å²) in [6, 6.07) is 8.65. The molecule has 0 radical (unpaired) electrons. The number of nitrogens with zero attached hydrogens (tertiary/aromatic N) is 3. The molecule has 10 heteroatoms. The second-order valence-corrected chi connectivity index (χ2v) is 9.10. The van der Waals surface area contributed by atoms with Crippen LogP contribution in [-0.2, 0) is 25.5 Å². The molecule has 2 aromatic rings. The number of ether oxygens (including phenoxy) is 1. The molecule has 1 aliphatic rings. The summed E-state index contributed by atoms with van der Waals surface area (Å²) in [5.41, 5.74) is 8.06. The largest absolute Gasteiger partial charge is 0.379 e. The third-order valence-electron chi connectivity index (χ3n) is 5.89. The zero-order valence-corrected chi connectivity index (χ0v) is 20.3. The van der Waals surface area contributed by atoms with Crippen LogP contribution in [0.25, 0.3) is 0 Å². The Morgan fingerprint density at radius 1 is 1.24 bits per heavy atom. The highest BCUT2D eigenvalue weighted by Crippen LogP contribution is 2.23. The van der Waals surface area contributed by atoms with Crippen LogP contribution >= 0.6 is 11.3 Å². The highest BCUT2D eigenvalue weighted by Gasteiger charge is 2.33. The highest BCUT2D eigenvalue weighted by molar-refractivity contribution is 7.07. The average Bonchev–Trinajstić information content (AvgIpc) is 3.37. The van der Waals surface area contributed by atoms with E-state index in [1.807, 2.05) is 30.3 Å². The van der Waals surface area contributed by atoms with Crippen molar-refractivity contribution in [3.8, 4) is 0 Å². The number of nitrogens with one attached hydrogen (secondary N) is 1. The topological polar surface area (TPSA) is 118 Å². The van der Waals surface area contributed by atoms with E-state index in [1.165, 1.54) is 16.2 Å². The van der Waals surface area contributed by atoms with E-state index < -0.39 is 17.9 Å². The second kappa shape index (κ2) is 13.2.